The molecule has 0 atom stereocenters. The van der Waals surface area contributed by atoms with E-state index in [1.165, 1.54) is 27.7 Å². The molecule has 0 radical (unpaired) electrons. The highest BCUT2D eigenvalue weighted by Crippen LogP contribution is 2.31. The van der Waals surface area contributed by atoms with E-state index < -0.39 is 0 Å². The van der Waals surface area contributed by atoms with Gasteiger partial charge >= 0.3 is 0 Å². The van der Waals surface area contributed by atoms with Crippen LogP contribution in [0.2, 0.25) is 0 Å². The standard InChI is InChI=1S/C17H17N3O2S2/c1-3-18-14(21)10-23-17-19-15-12(16(22)20(17)2)9-13(24-15)11-7-5-4-6-8-11/h4-9H,3,10H2,1-2H3,(H,18,21). The van der Waals surface area contributed by atoms with Crippen molar-refractivity contribution in [2.24, 2.45) is 7.05 Å². The third-order valence-electron chi connectivity index (χ3n) is 3.50. The lowest BCUT2D eigenvalue weighted by atomic mass is 10.2. The number of amides is 1. The first-order valence-electron chi connectivity index (χ1n) is 7.55. The summed E-state index contributed by atoms with van der Waals surface area (Å²) in [6.07, 6.45) is 0. The summed E-state index contributed by atoms with van der Waals surface area (Å²) in [5, 5.41) is 3.91. The van der Waals surface area contributed by atoms with Crippen LogP contribution in [0.4, 0.5) is 0 Å². The van der Waals surface area contributed by atoms with E-state index in [0.29, 0.717) is 21.9 Å². The molecule has 0 aliphatic carbocycles. The Morgan fingerprint density at radius 3 is 2.79 bits per heavy atom. The first-order valence-corrected chi connectivity index (χ1v) is 9.36. The summed E-state index contributed by atoms with van der Waals surface area (Å²) in [4.78, 5) is 30.5. The molecular weight excluding hydrogens is 342 g/mol. The van der Waals surface area contributed by atoms with Gasteiger partial charge in [0.2, 0.25) is 5.91 Å². The highest BCUT2D eigenvalue weighted by atomic mass is 32.2. The molecule has 3 aromatic rings. The van der Waals surface area contributed by atoms with Crippen molar-refractivity contribution in [3.8, 4) is 10.4 Å². The van der Waals surface area contributed by atoms with Gasteiger partial charge in [-0.3, -0.25) is 14.2 Å². The molecule has 1 amide bonds. The zero-order chi connectivity index (χ0) is 17.1. The minimum absolute atomic E-state index is 0.0620. The van der Waals surface area contributed by atoms with Crippen LogP contribution >= 0.6 is 23.1 Å². The number of nitrogens with zero attached hydrogens (tertiary/aromatic N) is 2. The largest absolute Gasteiger partial charge is 0.356 e. The molecule has 5 nitrogen and oxygen atoms in total. The molecule has 0 spiro atoms. The van der Waals surface area contributed by atoms with E-state index in [9.17, 15) is 9.59 Å². The first kappa shape index (κ1) is 16.7. The third-order valence-corrected chi connectivity index (χ3v) is 5.60. The molecule has 0 saturated carbocycles. The Morgan fingerprint density at radius 1 is 1.33 bits per heavy atom. The van der Waals surface area contributed by atoms with Gasteiger partial charge in [0.1, 0.15) is 4.83 Å². The summed E-state index contributed by atoms with van der Waals surface area (Å²) < 4.78 is 1.51. The maximum absolute atomic E-state index is 12.6. The molecule has 2 aromatic heterocycles. The zero-order valence-electron chi connectivity index (χ0n) is 13.4. The minimum atomic E-state index is -0.0863. The van der Waals surface area contributed by atoms with Crippen LogP contribution in [-0.4, -0.2) is 27.8 Å². The van der Waals surface area contributed by atoms with E-state index in [1.54, 1.807) is 7.05 Å². The molecule has 0 unspecified atom stereocenters. The fourth-order valence-corrected chi connectivity index (χ4v) is 4.18. The van der Waals surface area contributed by atoms with E-state index in [4.69, 9.17) is 0 Å². The number of aromatic nitrogens is 2. The lowest BCUT2D eigenvalue weighted by Gasteiger charge is -2.06. The second kappa shape index (κ2) is 7.19. The molecule has 0 aliphatic rings. The predicted octanol–water partition coefficient (Wildman–Crippen LogP) is 2.89. The highest BCUT2D eigenvalue weighted by molar-refractivity contribution is 7.99. The SMILES string of the molecule is CCNC(=O)CSc1nc2sc(-c3ccccc3)cc2c(=O)n1C. The molecule has 1 N–H and O–H groups in total. The summed E-state index contributed by atoms with van der Waals surface area (Å²) in [6.45, 7) is 2.47. The first-order chi connectivity index (χ1) is 11.6. The van der Waals surface area contributed by atoms with Gasteiger partial charge in [0.05, 0.1) is 11.1 Å². The summed E-state index contributed by atoms with van der Waals surface area (Å²) in [5.41, 5.74) is 0.982. The fourth-order valence-electron chi connectivity index (χ4n) is 2.30. The van der Waals surface area contributed by atoms with Crippen molar-refractivity contribution in [2.45, 2.75) is 12.1 Å². The summed E-state index contributed by atoms with van der Waals surface area (Å²) in [7, 11) is 1.69. The monoisotopic (exact) mass is 359 g/mol. The number of carbonyl (C=O) groups is 1. The van der Waals surface area contributed by atoms with E-state index >= 15 is 0 Å². The van der Waals surface area contributed by atoms with Crippen LogP contribution in [0.3, 0.4) is 0 Å². The quantitative estimate of drug-likeness (QED) is 0.562. The van der Waals surface area contributed by atoms with Crippen LogP contribution < -0.4 is 10.9 Å². The van der Waals surface area contributed by atoms with Gasteiger partial charge in [-0.2, -0.15) is 0 Å². The van der Waals surface area contributed by atoms with Gasteiger partial charge in [0.15, 0.2) is 5.16 Å². The van der Waals surface area contributed by atoms with Gasteiger partial charge in [-0.1, -0.05) is 42.1 Å². The average molecular weight is 359 g/mol. The molecule has 1 aromatic carbocycles. The van der Waals surface area contributed by atoms with E-state index in [2.05, 4.69) is 10.3 Å². The van der Waals surface area contributed by atoms with Crippen LogP contribution in [0, 0.1) is 0 Å². The van der Waals surface area contributed by atoms with Crippen molar-refractivity contribution in [3.05, 3.63) is 46.8 Å². The molecule has 0 saturated heterocycles. The topological polar surface area (TPSA) is 64.0 Å². The van der Waals surface area contributed by atoms with Crippen LogP contribution in [0.15, 0.2) is 46.3 Å². The van der Waals surface area contributed by atoms with Gasteiger partial charge in [0.25, 0.3) is 5.56 Å². The number of thiophene rings is 1. The Balaban J connectivity index is 1.97. The van der Waals surface area contributed by atoms with E-state index in [-0.39, 0.29) is 17.2 Å². The Bertz CT molecular complexity index is 932. The predicted molar refractivity (Wildman–Crippen MR) is 99.7 cm³/mol. The Labute approximate surface area is 147 Å². The molecule has 24 heavy (non-hydrogen) atoms. The number of carbonyl (C=O) groups excluding carboxylic acids is 1. The van der Waals surface area contributed by atoms with Gasteiger partial charge in [-0.05, 0) is 18.6 Å². The second-order valence-corrected chi connectivity index (χ2v) is 7.17. The van der Waals surface area contributed by atoms with Gasteiger partial charge in [-0.25, -0.2) is 4.98 Å². The van der Waals surface area contributed by atoms with Crippen molar-refractivity contribution in [1.29, 1.82) is 0 Å². The molecule has 7 heteroatoms. The van der Waals surface area contributed by atoms with Gasteiger partial charge < -0.3 is 5.32 Å². The maximum atomic E-state index is 12.6. The van der Waals surface area contributed by atoms with Gasteiger partial charge in [-0.15, -0.1) is 11.3 Å². The van der Waals surface area contributed by atoms with Gasteiger partial charge in [0, 0.05) is 18.5 Å². The van der Waals surface area contributed by atoms with Crippen LogP contribution in [-0.2, 0) is 11.8 Å². The van der Waals surface area contributed by atoms with Crippen LogP contribution in [0.1, 0.15) is 6.92 Å². The van der Waals surface area contributed by atoms with E-state index in [0.717, 1.165) is 10.4 Å². The van der Waals surface area contributed by atoms with Crippen molar-refractivity contribution >= 4 is 39.2 Å². The molecule has 0 fully saturated rings. The fraction of sp³-hybridized carbons (Fsp3) is 0.235. The summed E-state index contributed by atoms with van der Waals surface area (Å²) in [5.74, 6) is 0.185. The second-order valence-electron chi connectivity index (χ2n) is 5.20. The van der Waals surface area contributed by atoms with Crippen molar-refractivity contribution in [2.75, 3.05) is 12.3 Å². The van der Waals surface area contributed by atoms with Crippen LogP contribution in [0.25, 0.3) is 20.7 Å². The number of rotatable bonds is 5. The Morgan fingerprint density at radius 2 is 2.08 bits per heavy atom. The Kier molecular flexibility index (Phi) is 5.01. The lowest BCUT2D eigenvalue weighted by molar-refractivity contribution is -0.118. The van der Waals surface area contributed by atoms with Crippen molar-refractivity contribution < 1.29 is 4.79 Å². The number of hydrogen-bond acceptors (Lipinski definition) is 5. The van der Waals surface area contributed by atoms with Crippen molar-refractivity contribution in [3.63, 3.8) is 0 Å². The van der Waals surface area contributed by atoms with Crippen molar-refractivity contribution in [1.82, 2.24) is 14.9 Å². The third kappa shape index (κ3) is 3.37. The molecule has 3 rings (SSSR count). The smallest absolute Gasteiger partial charge is 0.262 e. The Hall–Kier alpha value is -2.12. The molecule has 0 bridgehead atoms. The lowest BCUT2D eigenvalue weighted by Crippen LogP contribution is -2.25. The average Bonchev–Trinajstić information content (AvgIpc) is 3.02. The van der Waals surface area contributed by atoms with E-state index in [1.807, 2.05) is 43.3 Å². The number of nitrogens with one attached hydrogen (secondary N) is 1. The minimum Gasteiger partial charge on any atom is -0.356 e. The number of fused-ring (bicyclic) bond motifs is 1. The molecular formula is C17H17N3O2S2. The number of thioether (sulfide) groups is 1. The van der Waals surface area contributed by atoms with Crippen LogP contribution in [0.5, 0.6) is 0 Å². The zero-order valence-corrected chi connectivity index (χ0v) is 15.0. The molecule has 0 aliphatic heterocycles. The molecule has 2 heterocycles. The highest BCUT2D eigenvalue weighted by Gasteiger charge is 2.14. The summed E-state index contributed by atoms with van der Waals surface area (Å²) in [6, 6.07) is 11.8. The molecule has 124 valence electrons. The number of benzene rings is 1. The normalized spacial score (nSPS) is 10.9. The maximum Gasteiger partial charge on any atom is 0.262 e. The summed E-state index contributed by atoms with van der Waals surface area (Å²) >= 11 is 2.77. The number of hydrogen-bond donors (Lipinski definition) is 1.